The number of carbonyl (C=O) groups excluding carboxylic acids is 1. The Bertz CT molecular complexity index is 721. The fourth-order valence-electron chi connectivity index (χ4n) is 4.19. The zero-order valence-electron chi connectivity index (χ0n) is 14.5. The molecule has 25 heavy (non-hydrogen) atoms. The second-order valence-corrected chi connectivity index (χ2v) is 7.28. The maximum absolute atomic E-state index is 12.7. The zero-order valence-corrected chi connectivity index (χ0v) is 14.5. The third-order valence-corrected chi connectivity index (χ3v) is 5.48. The van der Waals surface area contributed by atoms with Crippen molar-refractivity contribution in [2.75, 3.05) is 31.1 Å². The number of aromatic nitrogens is 2. The molecule has 4 heterocycles. The van der Waals surface area contributed by atoms with Crippen molar-refractivity contribution in [3.8, 4) is 0 Å². The minimum absolute atomic E-state index is 0.200. The molecule has 0 bridgehead atoms. The molecular weight excluding hydrogens is 312 g/mol. The maximum Gasteiger partial charge on any atom is 0.228 e. The summed E-state index contributed by atoms with van der Waals surface area (Å²) in [5.74, 6) is 1.25. The van der Waals surface area contributed by atoms with Crippen molar-refractivity contribution in [3.63, 3.8) is 0 Å². The first-order valence-corrected chi connectivity index (χ1v) is 9.08. The van der Waals surface area contributed by atoms with Crippen molar-refractivity contribution in [2.24, 2.45) is 5.41 Å². The Kier molecular flexibility index (Phi) is 4.38. The van der Waals surface area contributed by atoms with E-state index in [2.05, 4.69) is 20.9 Å². The molecule has 0 saturated carbocycles. The van der Waals surface area contributed by atoms with Crippen molar-refractivity contribution < 1.29 is 4.79 Å². The second kappa shape index (κ2) is 6.82. The first-order chi connectivity index (χ1) is 12.2. The number of nitrogens with zero attached hydrogens (tertiary/aromatic N) is 4. The summed E-state index contributed by atoms with van der Waals surface area (Å²) in [4.78, 5) is 25.9. The molecule has 2 fully saturated rings. The molecule has 0 aliphatic carbocycles. The molecule has 0 unspecified atom stereocenters. The standard InChI is InChI=1S/C20H24N4O/c25-19(14-17-6-1-3-10-21-17)24-13-9-20(16-24)8-5-12-23(15-20)18-7-2-4-11-22-18/h1-4,6-7,10-11H,5,8-9,12-16H2/t20-/m0/s1. The average molecular weight is 336 g/mol. The predicted molar refractivity (Wildman–Crippen MR) is 97.3 cm³/mol. The quantitative estimate of drug-likeness (QED) is 0.864. The van der Waals surface area contributed by atoms with Gasteiger partial charge in [0.2, 0.25) is 5.91 Å². The second-order valence-electron chi connectivity index (χ2n) is 7.28. The lowest BCUT2D eigenvalue weighted by Crippen LogP contribution is -2.45. The summed E-state index contributed by atoms with van der Waals surface area (Å²) in [6, 6.07) is 11.8. The van der Waals surface area contributed by atoms with Crippen molar-refractivity contribution in [1.82, 2.24) is 14.9 Å². The number of likely N-dealkylation sites (tertiary alicyclic amines) is 1. The monoisotopic (exact) mass is 336 g/mol. The van der Waals surface area contributed by atoms with Gasteiger partial charge in [-0.05, 0) is 43.5 Å². The third kappa shape index (κ3) is 3.50. The van der Waals surface area contributed by atoms with E-state index in [-0.39, 0.29) is 11.3 Å². The summed E-state index contributed by atoms with van der Waals surface area (Å²) in [6.45, 7) is 3.78. The molecule has 0 aromatic carbocycles. The van der Waals surface area contributed by atoms with Crippen LogP contribution < -0.4 is 4.90 Å². The van der Waals surface area contributed by atoms with Crippen molar-refractivity contribution in [3.05, 3.63) is 54.5 Å². The van der Waals surface area contributed by atoms with Gasteiger partial charge in [0, 0.05) is 49.7 Å². The van der Waals surface area contributed by atoms with Crippen LogP contribution in [0.2, 0.25) is 0 Å². The van der Waals surface area contributed by atoms with E-state index in [0.29, 0.717) is 6.42 Å². The molecule has 2 aromatic heterocycles. The van der Waals surface area contributed by atoms with Crippen molar-refractivity contribution in [2.45, 2.75) is 25.7 Å². The average Bonchev–Trinajstić information content (AvgIpc) is 3.07. The molecule has 5 nitrogen and oxygen atoms in total. The number of rotatable bonds is 3. The number of anilines is 1. The highest BCUT2D eigenvalue weighted by Gasteiger charge is 2.42. The van der Waals surface area contributed by atoms with E-state index in [1.165, 1.54) is 12.8 Å². The zero-order chi connectivity index (χ0) is 17.1. The van der Waals surface area contributed by atoms with Crippen LogP contribution in [0, 0.1) is 5.41 Å². The lowest BCUT2D eigenvalue weighted by molar-refractivity contribution is -0.129. The Balaban J connectivity index is 1.41. The van der Waals surface area contributed by atoms with Gasteiger partial charge in [0.15, 0.2) is 0 Å². The maximum atomic E-state index is 12.7. The van der Waals surface area contributed by atoms with Gasteiger partial charge < -0.3 is 9.80 Å². The Labute approximate surface area is 148 Å². The van der Waals surface area contributed by atoms with Gasteiger partial charge in [-0.2, -0.15) is 0 Å². The molecule has 2 aromatic rings. The number of carbonyl (C=O) groups is 1. The Morgan fingerprint density at radius 2 is 1.84 bits per heavy atom. The minimum atomic E-state index is 0.200. The van der Waals surface area contributed by atoms with E-state index in [1.54, 1.807) is 6.20 Å². The summed E-state index contributed by atoms with van der Waals surface area (Å²) >= 11 is 0. The van der Waals surface area contributed by atoms with Gasteiger partial charge in [0.05, 0.1) is 6.42 Å². The van der Waals surface area contributed by atoms with Gasteiger partial charge in [0.1, 0.15) is 5.82 Å². The molecule has 2 aliphatic rings. The van der Waals surface area contributed by atoms with Gasteiger partial charge in [-0.3, -0.25) is 9.78 Å². The molecule has 1 atom stereocenters. The number of hydrogen-bond donors (Lipinski definition) is 0. The minimum Gasteiger partial charge on any atom is -0.356 e. The van der Waals surface area contributed by atoms with E-state index in [9.17, 15) is 4.79 Å². The first kappa shape index (κ1) is 16.1. The van der Waals surface area contributed by atoms with Gasteiger partial charge in [-0.1, -0.05) is 12.1 Å². The van der Waals surface area contributed by atoms with Crippen LogP contribution in [0.25, 0.3) is 0 Å². The Morgan fingerprint density at radius 1 is 1.00 bits per heavy atom. The smallest absolute Gasteiger partial charge is 0.228 e. The normalized spacial score (nSPS) is 23.2. The Hall–Kier alpha value is -2.43. The van der Waals surface area contributed by atoms with Gasteiger partial charge in [-0.25, -0.2) is 4.98 Å². The van der Waals surface area contributed by atoms with Crippen LogP contribution in [-0.2, 0) is 11.2 Å². The highest BCUT2D eigenvalue weighted by Crippen LogP contribution is 2.40. The van der Waals surface area contributed by atoms with Crippen LogP contribution in [0.3, 0.4) is 0 Å². The van der Waals surface area contributed by atoms with Crippen molar-refractivity contribution in [1.29, 1.82) is 0 Å². The number of piperidine rings is 1. The fourth-order valence-corrected chi connectivity index (χ4v) is 4.19. The highest BCUT2D eigenvalue weighted by molar-refractivity contribution is 5.78. The molecule has 0 radical (unpaired) electrons. The van der Waals surface area contributed by atoms with Crippen LogP contribution >= 0.6 is 0 Å². The van der Waals surface area contributed by atoms with Crippen LogP contribution in [0.5, 0.6) is 0 Å². The molecule has 1 amide bonds. The molecule has 5 heteroatoms. The largest absolute Gasteiger partial charge is 0.356 e. The molecule has 1 spiro atoms. The molecule has 4 rings (SSSR count). The van der Waals surface area contributed by atoms with Crippen molar-refractivity contribution >= 4 is 11.7 Å². The lowest BCUT2D eigenvalue weighted by atomic mass is 9.79. The van der Waals surface area contributed by atoms with E-state index in [4.69, 9.17) is 0 Å². The van der Waals surface area contributed by atoms with E-state index >= 15 is 0 Å². The van der Waals surface area contributed by atoms with Crippen LogP contribution in [0.15, 0.2) is 48.8 Å². The predicted octanol–water partition coefficient (Wildman–Crippen LogP) is 2.54. The van der Waals surface area contributed by atoms with E-state index in [1.807, 2.05) is 41.4 Å². The number of pyridine rings is 2. The summed E-state index contributed by atoms with van der Waals surface area (Å²) < 4.78 is 0. The molecule has 2 saturated heterocycles. The number of amides is 1. The van der Waals surface area contributed by atoms with Crippen LogP contribution in [0.4, 0.5) is 5.82 Å². The van der Waals surface area contributed by atoms with Gasteiger partial charge in [0.25, 0.3) is 0 Å². The fraction of sp³-hybridized carbons (Fsp3) is 0.450. The van der Waals surface area contributed by atoms with Gasteiger partial charge >= 0.3 is 0 Å². The SMILES string of the molecule is O=C(Cc1ccccn1)N1CC[C@]2(CCCN(c3ccccn3)C2)C1. The highest BCUT2D eigenvalue weighted by atomic mass is 16.2. The van der Waals surface area contributed by atoms with Crippen LogP contribution in [-0.4, -0.2) is 47.0 Å². The summed E-state index contributed by atoms with van der Waals surface area (Å²) in [5.41, 5.74) is 1.07. The Morgan fingerprint density at radius 3 is 2.60 bits per heavy atom. The summed E-state index contributed by atoms with van der Waals surface area (Å²) in [5, 5.41) is 0. The topological polar surface area (TPSA) is 49.3 Å². The van der Waals surface area contributed by atoms with E-state index < -0.39 is 0 Å². The van der Waals surface area contributed by atoms with Gasteiger partial charge in [-0.15, -0.1) is 0 Å². The molecular formula is C20H24N4O. The third-order valence-electron chi connectivity index (χ3n) is 5.48. The molecule has 0 N–H and O–H groups in total. The summed E-state index contributed by atoms with van der Waals surface area (Å²) in [7, 11) is 0. The molecule has 130 valence electrons. The lowest BCUT2D eigenvalue weighted by Gasteiger charge is -2.41. The summed E-state index contributed by atoms with van der Waals surface area (Å²) in [6.07, 6.45) is 7.46. The number of hydrogen-bond acceptors (Lipinski definition) is 4. The molecule has 2 aliphatic heterocycles. The van der Waals surface area contributed by atoms with Crippen LogP contribution in [0.1, 0.15) is 25.0 Å². The van der Waals surface area contributed by atoms with E-state index in [0.717, 1.165) is 44.1 Å². The first-order valence-electron chi connectivity index (χ1n) is 9.08.